The minimum Gasteiger partial charge on any atom is -0.364 e. The average Bonchev–Trinajstić information content (AvgIpc) is 3.27. The maximum Gasteiger partial charge on any atom is 0.267 e. The quantitative estimate of drug-likeness (QED) is 0.773. The molecule has 3 aromatic heterocycles. The lowest BCUT2D eigenvalue weighted by Gasteiger charge is -2.16. The van der Waals surface area contributed by atoms with Gasteiger partial charge in [0.2, 0.25) is 0 Å². The fourth-order valence-electron chi connectivity index (χ4n) is 2.58. The van der Waals surface area contributed by atoms with Crippen molar-refractivity contribution in [2.24, 2.45) is 0 Å². The summed E-state index contributed by atoms with van der Waals surface area (Å²) < 4.78 is 5.46. The number of nitrogens with one attached hydrogen (secondary N) is 1. The highest BCUT2D eigenvalue weighted by molar-refractivity contribution is 7.07. The van der Waals surface area contributed by atoms with Gasteiger partial charge in [0.1, 0.15) is 10.7 Å². The van der Waals surface area contributed by atoms with Crippen LogP contribution in [0.1, 0.15) is 16.1 Å². The Hall–Kier alpha value is -2.55. The fraction of sp³-hybridized carbons (Fsp3) is 0.308. The van der Waals surface area contributed by atoms with Crippen molar-refractivity contribution in [3.05, 3.63) is 35.6 Å². The van der Waals surface area contributed by atoms with Crippen molar-refractivity contribution in [1.82, 2.24) is 29.1 Å². The lowest BCUT2D eigenvalue weighted by atomic mass is 10.2. The fourth-order valence-corrected chi connectivity index (χ4v) is 3.06. The first kappa shape index (κ1) is 13.1. The van der Waals surface area contributed by atoms with Gasteiger partial charge in [0.05, 0.1) is 6.20 Å². The van der Waals surface area contributed by atoms with Gasteiger partial charge in [-0.15, -0.1) is 10.2 Å². The number of anilines is 1. The number of amides is 1. The second kappa shape index (κ2) is 5.34. The van der Waals surface area contributed by atoms with E-state index >= 15 is 0 Å². The Labute approximate surface area is 129 Å². The standard InChI is InChI=1S/C13H13N7OS/c21-13(10-7-15-18-22-10)19-5-3-9(8-19)16-11-1-2-12-14-4-6-20(12)17-11/h1-2,4,6-7,9H,3,5,8H2,(H,16,17). The van der Waals surface area contributed by atoms with E-state index in [1.165, 1.54) is 6.20 Å². The van der Waals surface area contributed by atoms with Crippen molar-refractivity contribution in [2.45, 2.75) is 12.5 Å². The number of fused-ring (bicyclic) bond motifs is 1. The molecule has 0 radical (unpaired) electrons. The van der Waals surface area contributed by atoms with Crippen LogP contribution in [0.15, 0.2) is 30.7 Å². The van der Waals surface area contributed by atoms with E-state index in [1.807, 2.05) is 23.2 Å². The van der Waals surface area contributed by atoms with Gasteiger partial charge in [-0.1, -0.05) is 4.49 Å². The van der Waals surface area contributed by atoms with E-state index in [0.717, 1.165) is 36.0 Å². The van der Waals surface area contributed by atoms with E-state index in [4.69, 9.17) is 0 Å². The Balaban J connectivity index is 1.43. The van der Waals surface area contributed by atoms with Crippen LogP contribution >= 0.6 is 11.5 Å². The van der Waals surface area contributed by atoms with E-state index in [0.29, 0.717) is 11.4 Å². The topological polar surface area (TPSA) is 88.3 Å². The van der Waals surface area contributed by atoms with E-state index in [9.17, 15) is 4.79 Å². The largest absolute Gasteiger partial charge is 0.364 e. The van der Waals surface area contributed by atoms with Crippen molar-refractivity contribution in [1.29, 1.82) is 0 Å². The highest BCUT2D eigenvalue weighted by atomic mass is 32.1. The molecule has 1 amide bonds. The molecule has 4 heterocycles. The zero-order valence-corrected chi connectivity index (χ0v) is 12.4. The van der Waals surface area contributed by atoms with Gasteiger partial charge in [-0.2, -0.15) is 0 Å². The first-order valence-electron chi connectivity index (χ1n) is 6.93. The molecule has 3 aromatic rings. The number of aromatic nitrogens is 5. The maximum absolute atomic E-state index is 12.2. The van der Waals surface area contributed by atoms with Crippen LogP contribution in [0.25, 0.3) is 5.65 Å². The molecule has 4 rings (SSSR count). The Morgan fingerprint density at radius 1 is 1.41 bits per heavy atom. The van der Waals surface area contributed by atoms with Crippen LogP contribution in [0, 0.1) is 0 Å². The van der Waals surface area contributed by atoms with Gasteiger partial charge >= 0.3 is 0 Å². The molecule has 9 heteroatoms. The molecule has 0 bridgehead atoms. The number of carbonyl (C=O) groups excluding carboxylic acids is 1. The summed E-state index contributed by atoms with van der Waals surface area (Å²) >= 11 is 1.13. The number of hydrogen-bond donors (Lipinski definition) is 1. The minimum atomic E-state index is -0.00248. The molecule has 1 aliphatic heterocycles. The minimum absolute atomic E-state index is 0.00248. The third-order valence-corrected chi connectivity index (χ3v) is 4.31. The van der Waals surface area contributed by atoms with Crippen LogP contribution in [0.2, 0.25) is 0 Å². The Morgan fingerprint density at radius 3 is 3.23 bits per heavy atom. The predicted molar refractivity (Wildman–Crippen MR) is 80.8 cm³/mol. The maximum atomic E-state index is 12.2. The molecule has 0 aliphatic carbocycles. The molecule has 112 valence electrons. The molecule has 8 nitrogen and oxygen atoms in total. The Bertz CT molecular complexity index is 800. The number of imidazole rings is 1. The van der Waals surface area contributed by atoms with Crippen molar-refractivity contribution in [3.63, 3.8) is 0 Å². The Kier molecular flexibility index (Phi) is 3.19. The first-order chi connectivity index (χ1) is 10.8. The molecule has 22 heavy (non-hydrogen) atoms. The van der Waals surface area contributed by atoms with Gasteiger partial charge in [-0.3, -0.25) is 4.79 Å². The van der Waals surface area contributed by atoms with Gasteiger partial charge in [-0.25, -0.2) is 9.50 Å². The van der Waals surface area contributed by atoms with Crippen LogP contribution in [0.4, 0.5) is 5.82 Å². The summed E-state index contributed by atoms with van der Waals surface area (Å²) in [5.74, 6) is 0.779. The van der Waals surface area contributed by atoms with E-state index in [-0.39, 0.29) is 11.9 Å². The number of hydrogen-bond acceptors (Lipinski definition) is 7. The van der Waals surface area contributed by atoms with Crippen LogP contribution in [-0.2, 0) is 0 Å². The van der Waals surface area contributed by atoms with Crippen molar-refractivity contribution < 1.29 is 4.79 Å². The van der Waals surface area contributed by atoms with Gasteiger partial charge in [-0.05, 0) is 30.1 Å². The molecular formula is C13H13N7OS. The lowest BCUT2D eigenvalue weighted by Crippen LogP contribution is -2.31. The third kappa shape index (κ3) is 2.39. The third-order valence-electron chi connectivity index (χ3n) is 3.65. The first-order valence-corrected chi connectivity index (χ1v) is 7.70. The van der Waals surface area contributed by atoms with Crippen molar-refractivity contribution in [2.75, 3.05) is 18.4 Å². The SMILES string of the molecule is O=C(c1cnns1)N1CCC(Nc2ccc3nccn3n2)C1. The summed E-state index contributed by atoms with van der Waals surface area (Å²) in [7, 11) is 0. The molecule has 0 spiro atoms. The highest BCUT2D eigenvalue weighted by Gasteiger charge is 2.28. The zero-order valence-electron chi connectivity index (χ0n) is 11.6. The number of likely N-dealkylation sites (tertiary alicyclic amines) is 1. The summed E-state index contributed by atoms with van der Waals surface area (Å²) in [5.41, 5.74) is 0.812. The predicted octanol–water partition coefficient (Wildman–Crippen LogP) is 0.907. The second-order valence-electron chi connectivity index (χ2n) is 5.11. The molecule has 0 saturated carbocycles. The highest BCUT2D eigenvalue weighted by Crippen LogP contribution is 2.18. The Morgan fingerprint density at radius 2 is 2.36 bits per heavy atom. The lowest BCUT2D eigenvalue weighted by molar-refractivity contribution is 0.0796. The molecule has 1 atom stereocenters. The van der Waals surface area contributed by atoms with Gasteiger partial charge < -0.3 is 10.2 Å². The molecule has 1 N–H and O–H groups in total. The zero-order chi connectivity index (χ0) is 14.9. The van der Waals surface area contributed by atoms with E-state index < -0.39 is 0 Å². The molecule has 1 unspecified atom stereocenters. The summed E-state index contributed by atoms with van der Waals surface area (Å²) in [4.78, 5) is 18.8. The molecule has 0 aromatic carbocycles. The monoisotopic (exact) mass is 315 g/mol. The van der Waals surface area contributed by atoms with Crippen LogP contribution in [-0.4, -0.2) is 54.1 Å². The smallest absolute Gasteiger partial charge is 0.267 e. The normalized spacial score (nSPS) is 18.0. The molecule has 1 fully saturated rings. The van der Waals surface area contributed by atoms with Gasteiger partial charge in [0, 0.05) is 31.5 Å². The number of rotatable bonds is 3. The van der Waals surface area contributed by atoms with Crippen molar-refractivity contribution >= 4 is 28.9 Å². The van der Waals surface area contributed by atoms with E-state index in [1.54, 1.807) is 10.7 Å². The van der Waals surface area contributed by atoms with Gasteiger partial charge in [0.15, 0.2) is 5.65 Å². The van der Waals surface area contributed by atoms with Crippen LogP contribution in [0.3, 0.4) is 0 Å². The number of nitrogens with zero attached hydrogens (tertiary/aromatic N) is 6. The summed E-state index contributed by atoms with van der Waals surface area (Å²) in [6, 6.07) is 4.01. The summed E-state index contributed by atoms with van der Waals surface area (Å²) in [5, 5.41) is 11.5. The molecule has 1 aliphatic rings. The average molecular weight is 315 g/mol. The van der Waals surface area contributed by atoms with E-state index in [2.05, 4.69) is 25.0 Å². The van der Waals surface area contributed by atoms with Crippen LogP contribution < -0.4 is 5.32 Å². The number of carbonyl (C=O) groups is 1. The summed E-state index contributed by atoms with van der Waals surface area (Å²) in [6.45, 7) is 1.38. The second-order valence-corrected chi connectivity index (χ2v) is 5.90. The van der Waals surface area contributed by atoms with Crippen molar-refractivity contribution in [3.8, 4) is 0 Å². The van der Waals surface area contributed by atoms with Crippen LogP contribution in [0.5, 0.6) is 0 Å². The summed E-state index contributed by atoms with van der Waals surface area (Å²) in [6.07, 6.45) is 5.93. The molecular weight excluding hydrogens is 302 g/mol. The van der Waals surface area contributed by atoms with Gasteiger partial charge in [0.25, 0.3) is 5.91 Å². The molecule has 1 saturated heterocycles.